The number of rotatable bonds is 6. The summed E-state index contributed by atoms with van der Waals surface area (Å²) in [6.07, 6.45) is -4.49. The van der Waals surface area contributed by atoms with E-state index in [2.05, 4.69) is 5.32 Å². The second-order valence-corrected chi connectivity index (χ2v) is 4.33. The zero-order valence-corrected chi connectivity index (χ0v) is 11.0. The molecule has 5 nitrogen and oxygen atoms in total. The normalized spacial score (nSPS) is 11.7. The third-order valence-corrected chi connectivity index (χ3v) is 2.48. The summed E-state index contributed by atoms with van der Waals surface area (Å²) in [7, 11) is 0. The topological polar surface area (TPSA) is 78.6 Å². The fraction of sp³-hybridized carbons (Fsp3) is 0.417. The van der Waals surface area contributed by atoms with E-state index in [9.17, 15) is 22.4 Å². The van der Waals surface area contributed by atoms with E-state index in [-0.39, 0.29) is 17.9 Å². The summed E-state index contributed by atoms with van der Waals surface area (Å²) in [5, 5.41) is 10.9. The summed E-state index contributed by atoms with van der Waals surface area (Å²) in [6, 6.07) is 3.28. The fourth-order valence-corrected chi connectivity index (χ4v) is 1.64. The summed E-state index contributed by atoms with van der Waals surface area (Å²) < 4.78 is 49.9. The predicted molar refractivity (Wildman–Crippen MR) is 69.0 cm³/mol. The van der Waals surface area contributed by atoms with Gasteiger partial charge in [-0.2, -0.15) is 13.2 Å². The molecule has 0 saturated heterocycles. The fourth-order valence-electron chi connectivity index (χ4n) is 1.64. The van der Waals surface area contributed by atoms with Crippen LogP contribution >= 0.6 is 0 Å². The number of halogens is 4. The molecule has 0 unspecified atom stereocenters. The lowest BCUT2D eigenvalue weighted by Crippen LogP contribution is -2.41. The second-order valence-electron chi connectivity index (χ2n) is 4.33. The van der Waals surface area contributed by atoms with Crippen molar-refractivity contribution >= 4 is 17.3 Å². The van der Waals surface area contributed by atoms with Crippen molar-refractivity contribution in [2.24, 2.45) is 0 Å². The van der Waals surface area contributed by atoms with Gasteiger partial charge in [0.25, 0.3) is 0 Å². The maximum absolute atomic E-state index is 13.0. The van der Waals surface area contributed by atoms with Crippen molar-refractivity contribution in [3.8, 4) is 0 Å². The Bertz CT molecular complexity index is 494. The van der Waals surface area contributed by atoms with Gasteiger partial charge in [0.15, 0.2) is 0 Å². The molecule has 1 rings (SSSR count). The van der Waals surface area contributed by atoms with E-state index in [4.69, 9.17) is 10.8 Å². The van der Waals surface area contributed by atoms with Crippen molar-refractivity contribution in [2.45, 2.75) is 6.18 Å². The maximum atomic E-state index is 13.0. The van der Waals surface area contributed by atoms with Gasteiger partial charge in [-0.3, -0.25) is 9.69 Å². The number of carbonyl (C=O) groups excluding carboxylic acids is 1. The third-order valence-electron chi connectivity index (χ3n) is 2.48. The minimum Gasteiger partial charge on any atom is -0.397 e. The number of alkyl halides is 3. The Morgan fingerprint density at radius 2 is 2.05 bits per heavy atom. The Morgan fingerprint density at radius 1 is 1.38 bits per heavy atom. The van der Waals surface area contributed by atoms with Gasteiger partial charge in [-0.1, -0.05) is 0 Å². The average Bonchev–Trinajstić information content (AvgIpc) is 2.32. The second kappa shape index (κ2) is 7.23. The van der Waals surface area contributed by atoms with Gasteiger partial charge in [-0.05, 0) is 18.2 Å². The van der Waals surface area contributed by atoms with Gasteiger partial charge in [0.1, 0.15) is 5.82 Å². The molecule has 118 valence electrons. The van der Waals surface area contributed by atoms with E-state index in [0.29, 0.717) is 0 Å². The molecule has 1 amide bonds. The Kier molecular flexibility index (Phi) is 5.91. The summed E-state index contributed by atoms with van der Waals surface area (Å²) in [5.41, 5.74) is 5.59. The van der Waals surface area contributed by atoms with Crippen LogP contribution in [0.2, 0.25) is 0 Å². The van der Waals surface area contributed by atoms with Gasteiger partial charge in [-0.15, -0.1) is 0 Å². The number of hydrogen-bond acceptors (Lipinski definition) is 4. The van der Waals surface area contributed by atoms with Crippen molar-refractivity contribution in [1.82, 2.24) is 4.90 Å². The highest BCUT2D eigenvalue weighted by molar-refractivity contribution is 5.95. The highest BCUT2D eigenvalue weighted by Gasteiger charge is 2.31. The van der Waals surface area contributed by atoms with Crippen LogP contribution in [0, 0.1) is 5.82 Å². The zero-order chi connectivity index (χ0) is 16.0. The molecule has 0 radical (unpaired) electrons. The van der Waals surface area contributed by atoms with Crippen LogP contribution in [0.25, 0.3) is 0 Å². The molecule has 0 aliphatic heterocycles. The van der Waals surface area contributed by atoms with Crippen LogP contribution in [-0.4, -0.2) is 48.3 Å². The van der Waals surface area contributed by atoms with E-state index in [0.717, 1.165) is 17.0 Å². The van der Waals surface area contributed by atoms with E-state index >= 15 is 0 Å². The summed E-state index contributed by atoms with van der Waals surface area (Å²) in [4.78, 5) is 12.4. The molecule has 0 heterocycles. The largest absolute Gasteiger partial charge is 0.401 e. The minimum absolute atomic E-state index is 0.0176. The SMILES string of the molecule is Nc1ccc(F)cc1NC(=O)CN(CCO)CC(F)(F)F. The van der Waals surface area contributed by atoms with Gasteiger partial charge in [-0.25, -0.2) is 4.39 Å². The van der Waals surface area contributed by atoms with E-state index < -0.39 is 37.6 Å². The molecule has 0 aromatic heterocycles. The number of anilines is 2. The number of aliphatic hydroxyl groups excluding tert-OH is 1. The number of amides is 1. The predicted octanol–water partition coefficient (Wildman–Crippen LogP) is 1.20. The lowest BCUT2D eigenvalue weighted by atomic mass is 10.2. The Hall–Kier alpha value is -1.87. The number of carbonyl (C=O) groups is 1. The van der Waals surface area contributed by atoms with Crippen LogP contribution in [0.3, 0.4) is 0 Å². The quantitative estimate of drug-likeness (QED) is 0.545. The molecule has 0 fully saturated rings. The molecule has 0 spiro atoms. The molecule has 4 N–H and O–H groups in total. The Labute approximate surface area is 118 Å². The number of benzene rings is 1. The van der Waals surface area contributed by atoms with E-state index in [1.165, 1.54) is 6.07 Å². The summed E-state index contributed by atoms with van der Waals surface area (Å²) >= 11 is 0. The smallest absolute Gasteiger partial charge is 0.397 e. The first-order chi connectivity index (χ1) is 9.71. The summed E-state index contributed by atoms with van der Waals surface area (Å²) in [5.74, 6) is -1.42. The molecular formula is C12H15F4N3O2. The molecule has 1 aromatic rings. The molecular weight excluding hydrogens is 294 g/mol. The van der Waals surface area contributed by atoms with Crippen molar-refractivity contribution in [3.63, 3.8) is 0 Å². The molecule has 9 heteroatoms. The average molecular weight is 309 g/mol. The van der Waals surface area contributed by atoms with E-state index in [1.807, 2.05) is 0 Å². The molecule has 0 atom stereocenters. The van der Waals surface area contributed by atoms with Gasteiger partial charge in [0, 0.05) is 6.54 Å². The van der Waals surface area contributed by atoms with Gasteiger partial charge >= 0.3 is 6.18 Å². The molecule has 0 aliphatic carbocycles. The van der Waals surface area contributed by atoms with Crippen LogP contribution in [0.1, 0.15) is 0 Å². The van der Waals surface area contributed by atoms with Crippen molar-refractivity contribution in [2.75, 3.05) is 37.3 Å². The molecule has 1 aromatic carbocycles. The molecule has 21 heavy (non-hydrogen) atoms. The van der Waals surface area contributed by atoms with Crippen LogP contribution in [0.4, 0.5) is 28.9 Å². The first kappa shape index (κ1) is 17.2. The molecule has 0 saturated carbocycles. The number of aliphatic hydroxyl groups is 1. The number of hydrogen-bond donors (Lipinski definition) is 3. The monoisotopic (exact) mass is 309 g/mol. The molecule has 0 bridgehead atoms. The minimum atomic E-state index is -4.49. The van der Waals surface area contributed by atoms with Crippen LogP contribution in [0.15, 0.2) is 18.2 Å². The lowest BCUT2D eigenvalue weighted by Gasteiger charge is -2.22. The lowest BCUT2D eigenvalue weighted by molar-refractivity contribution is -0.148. The van der Waals surface area contributed by atoms with Crippen molar-refractivity contribution in [3.05, 3.63) is 24.0 Å². The van der Waals surface area contributed by atoms with E-state index in [1.54, 1.807) is 0 Å². The Balaban J connectivity index is 2.67. The summed E-state index contributed by atoms with van der Waals surface area (Å²) in [6.45, 7) is -2.77. The highest BCUT2D eigenvalue weighted by Crippen LogP contribution is 2.20. The van der Waals surface area contributed by atoms with Crippen LogP contribution in [-0.2, 0) is 4.79 Å². The van der Waals surface area contributed by atoms with Crippen LogP contribution in [0.5, 0.6) is 0 Å². The zero-order valence-electron chi connectivity index (χ0n) is 11.0. The Morgan fingerprint density at radius 3 is 2.62 bits per heavy atom. The number of nitrogens with two attached hydrogens (primary N) is 1. The number of nitrogens with one attached hydrogen (secondary N) is 1. The van der Waals surface area contributed by atoms with Gasteiger partial charge in [0.05, 0.1) is 31.1 Å². The standard InChI is InChI=1S/C12H15F4N3O2/c13-8-1-2-9(17)10(5-8)18-11(21)6-19(3-4-20)7-12(14,15)16/h1-2,5,20H,3-4,6-7,17H2,(H,18,21). The highest BCUT2D eigenvalue weighted by atomic mass is 19.4. The van der Waals surface area contributed by atoms with Gasteiger partial charge < -0.3 is 16.2 Å². The first-order valence-corrected chi connectivity index (χ1v) is 5.96. The number of nitrogens with zero attached hydrogens (tertiary/aromatic N) is 1. The van der Waals surface area contributed by atoms with Crippen LogP contribution < -0.4 is 11.1 Å². The third kappa shape index (κ3) is 6.41. The first-order valence-electron chi connectivity index (χ1n) is 5.96. The van der Waals surface area contributed by atoms with Gasteiger partial charge in [0.2, 0.25) is 5.91 Å². The molecule has 0 aliphatic rings. The maximum Gasteiger partial charge on any atom is 0.401 e. The van der Waals surface area contributed by atoms with Crippen molar-refractivity contribution in [1.29, 1.82) is 0 Å². The van der Waals surface area contributed by atoms with Crippen molar-refractivity contribution < 1.29 is 27.5 Å². The number of nitrogen functional groups attached to an aromatic ring is 1.